The van der Waals surface area contributed by atoms with Crippen molar-refractivity contribution in [2.75, 3.05) is 0 Å². The first-order valence-corrected chi connectivity index (χ1v) is 21.5. The van der Waals surface area contributed by atoms with E-state index in [0.29, 0.717) is 5.56 Å². The van der Waals surface area contributed by atoms with Crippen LogP contribution in [0.1, 0.15) is 5.56 Å². The Morgan fingerprint density at radius 1 is 0.302 bits per heavy atom. The molecular weight excluding hydrogens is 763 g/mol. The number of rotatable bonds is 3. The van der Waals surface area contributed by atoms with Crippen LogP contribution < -0.4 is 0 Å². The van der Waals surface area contributed by atoms with Crippen LogP contribution in [-0.4, -0.2) is 0 Å². The first kappa shape index (κ1) is 34.2. The molecule has 0 fully saturated rings. The maximum atomic E-state index is 9.69. The molecule has 63 heavy (non-hydrogen) atoms. The van der Waals surface area contributed by atoms with Gasteiger partial charge < -0.3 is 4.42 Å². The molecule has 13 aromatic carbocycles. The topological polar surface area (TPSA) is 36.9 Å². The summed E-state index contributed by atoms with van der Waals surface area (Å²) in [6, 6.07) is 75.3. The Morgan fingerprint density at radius 2 is 0.825 bits per heavy atom. The van der Waals surface area contributed by atoms with Crippen LogP contribution in [0.25, 0.3) is 141 Å². The summed E-state index contributed by atoms with van der Waals surface area (Å²) in [4.78, 5) is 0. The highest BCUT2D eigenvalue weighted by atomic mass is 16.3. The molecule has 0 aliphatic heterocycles. The zero-order valence-corrected chi connectivity index (χ0v) is 33.9. The van der Waals surface area contributed by atoms with E-state index in [-0.39, 0.29) is 0 Å². The van der Waals surface area contributed by atoms with Crippen molar-refractivity contribution in [3.8, 4) is 39.4 Å². The lowest BCUT2D eigenvalue weighted by Crippen LogP contribution is -1.90. The first-order valence-electron chi connectivity index (χ1n) is 21.5. The Morgan fingerprint density at radius 3 is 1.62 bits per heavy atom. The van der Waals surface area contributed by atoms with Crippen molar-refractivity contribution in [2.24, 2.45) is 0 Å². The smallest absolute Gasteiger partial charge is 0.143 e. The highest BCUT2D eigenvalue weighted by Crippen LogP contribution is 2.45. The quantitative estimate of drug-likeness (QED) is 0.167. The monoisotopic (exact) mass is 795 g/mol. The summed E-state index contributed by atoms with van der Waals surface area (Å²) < 4.78 is 6.67. The SMILES string of the molecule is N#Cc1cc2ccc3ccc(-c4ccc(-c5ccc(-c6ccc7c(c6)c6ccccc6c6cc8c(cc76)oc6c7ccccc7ccc86)cc5)c5ccccc45)c4ccc(c1)c2c34. The van der Waals surface area contributed by atoms with Crippen molar-refractivity contribution in [1.82, 2.24) is 0 Å². The maximum absolute atomic E-state index is 9.69. The van der Waals surface area contributed by atoms with Crippen molar-refractivity contribution in [2.45, 2.75) is 0 Å². The van der Waals surface area contributed by atoms with Crippen LogP contribution in [0.5, 0.6) is 0 Å². The van der Waals surface area contributed by atoms with Gasteiger partial charge in [0.05, 0.1) is 11.6 Å². The molecule has 0 N–H and O–H groups in total. The second-order valence-electron chi connectivity index (χ2n) is 17.0. The van der Waals surface area contributed by atoms with Gasteiger partial charge >= 0.3 is 0 Å². The zero-order valence-electron chi connectivity index (χ0n) is 33.9. The van der Waals surface area contributed by atoms with Gasteiger partial charge in [0.1, 0.15) is 11.2 Å². The van der Waals surface area contributed by atoms with E-state index in [4.69, 9.17) is 4.42 Å². The number of nitriles is 1. The lowest BCUT2D eigenvalue weighted by atomic mass is 9.86. The molecule has 0 saturated carbocycles. The van der Waals surface area contributed by atoms with E-state index in [1.54, 1.807) is 0 Å². The number of nitrogens with zero attached hydrogens (tertiary/aromatic N) is 1. The number of benzene rings is 13. The Bertz CT molecular complexity index is 4300. The van der Waals surface area contributed by atoms with Crippen LogP contribution in [0.3, 0.4) is 0 Å². The highest BCUT2D eigenvalue weighted by molar-refractivity contribution is 6.30. The molecule has 0 amide bonds. The number of hydrogen-bond acceptors (Lipinski definition) is 2. The minimum Gasteiger partial charge on any atom is -0.455 e. The zero-order chi connectivity index (χ0) is 41.3. The second-order valence-corrected chi connectivity index (χ2v) is 17.0. The molecule has 0 bridgehead atoms. The summed E-state index contributed by atoms with van der Waals surface area (Å²) in [5, 5.41) is 31.3. The molecule has 0 unspecified atom stereocenters. The average molecular weight is 796 g/mol. The molecule has 14 rings (SSSR count). The molecule has 2 heteroatoms. The molecule has 1 aromatic heterocycles. The van der Waals surface area contributed by atoms with Crippen LogP contribution in [0.2, 0.25) is 0 Å². The second kappa shape index (κ2) is 12.8. The third kappa shape index (κ3) is 4.88. The molecule has 2 nitrogen and oxygen atoms in total. The molecule has 0 aliphatic rings. The Kier molecular flexibility index (Phi) is 6.93. The van der Waals surface area contributed by atoms with E-state index >= 15 is 0 Å². The Balaban J connectivity index is 0.877. The fourth-order valence-electron chi connectivity index (χ4n) is 10.9. The molecule has 0 aliphatic carbocycles. The fourth-order valence-corrected chi connectivity index (χ4v) is 10.9. The van der Waals surface area contributed by atoms with Crippen LogP contribution >= 0.6 is 0 Å². The number of furan rings is 1. The van der Waals surface area contributed by atoms with E-state index in [9.17, 15) is 5.26 Å². The number of fused-ring (bicyclic) bond motifs is 12. The van der Waals surface area contributed by atoms with Crippen molar-refractivity contribution in [3.05, 3.63) is 206 Å². The van der Waals surface area contributed by atoms with Gasteiger partial charge in [0.2, 0.25) is 0 Å². The van der Waals surface area contributed by atoms with Gasteiger partial charge in [0.25, 0.3) is 0 Å². The van der Waals surface area contributed by atoms with Crippen molar-refractivity contribution < 1.29 is 4.42 Å². The average Bonchev–Trinajstić information content (AvgIpc) is 3.73. The third-order valence-corrected chi connectivity index (χ3v) is 13.8. The summed E-state index contributed by atoms with van der Waals surface area (Å²) in [7, 11) is 0. The molecule has 1 heterocycles. The summed E-state index contributed by atoms with van der Waals surface area (Å²) >= 11 is 0. The standard InChI is InChI=1S/C61H33NO/c62-34-35-29-41-18-17-39-20-23-50(52-25-22-42(30-35)59(41)60(39)52)49-28-27-43(45-9-3-4-10-46(45)49)38-15-13-36(14-16-38)40-21-24-51-54(31-40)47-11-5-6-12-48(47)55-32-57-53-26-19-37-7-1-2-8-44(37)61(53)63-58(57)33-56(51)55/h1-33H. The molecular formula is C61H33NO. The van der Waals surface area contributed by atoms with Gasteiger partial charge in [0, 0.05) is 16.2 Å². The van der Waals surface area contributed by atoms with Crippen molar-refractivity contribution in [3.63, 3.8) is 0 Å². The van der Waals surface area contributed by atoms with E-state index in [1.165, 1.54) is 103 Å². The van der Waals surface area contributed by atoms with Crippen molar-refractivity contribution in [1.29, 1.82) is 5.26 Å². The maximum Gasteiger partial charge on any atom is 0.143 e. The largest absolute Gasteiger partial charge is 0.455 e. The van der Waals surface area contributed by atoms with Gasteiger partial charge in [-0.3, -0.25) is 0 Å². The Hall–Kier alpha value is -8.51. The summed E-state index contributed by atoms with van der Waals surface area (Å²) in [6.07, 6.45) is 0. The minimum atomic E-state index is 0.690. The summed E-state index contributed by atoms with van der Waals surface area (Å²) in [6.45, 7) is 0. The van der Waals surface area contributed by atoms with Gasteiger partial charge in [-0.1, -0.05) is 164 Å². The summed E-state index contributed by atoms with van der Waals surface area (Å²) in [5.74, 6) is 0. The molecule has 0 saturated heterocycles. The van der Waals surface area contributed by atoms with Crippen LogP contribution in [0.4, 0.5) is 0 Å². The molecule has 0 spiro atoms. The van der Waals surface area contributed by atoms with Gasteiger partial charge in [0.15, 0.2) is 0 Å². The van der Waals surface area contributed by atoms with E-state index in [0.717, 1.165) is 38.1 Å². The van der Waals surface area contributed by atoms with Crippen LogP contribution in [-0.2, 0) is 0 Å². The van der Waals surface area contributed by atoms with Crippen LogP contribution in [0.15, 0.2) is 205 Å². The van der Waals surface area contributed by atoms with Gasteiger partial charge in [-0.15, -0.1) is 0 Å². The Labute approximate surface area is 361 Å². The molecule has 0 radical (unpaired) electrons. The predicted molar refractivity (Wildman–Crippen MR) is 266 cm³/mol. The fraction of sp³-hybridized carbons (Fsp3) is 0. The van der Waals surface area contributed by atoms with Crippen LogP contribution in [0, 0.1) is 11.3 Å². The molecule has 14 aromatic rings. The first-order chi connectivity index (χ1) is 31.2. The third-order valence-electron chi connectivity index (χ3n) is 13.8. The normalized spacial score (nSPS) is 12.1. The van der Waals surface area contributed by atoms with E-state index in [1.807, 2.05) is 12.1 Å². The highest BCUT2D eigenvalue weighted by Gasteiger charge is 2.18. The van der Waals surface area contributed by atoms with Gasteiger partial charge in [-0.05, 0) is 151 Å². The predicted octanol–water partition coefficient (Wildman–Crippen LogP) is 17.1. The van der Waals surface area contributed by atoms with Crippen molar-refractivity contribution >= 4 is 108 Å². The molecule has 0 atom stereocenters. The minimum absolute atomic E-state index is 0.690. The van der Waals surface area contributed by atoms with E-state index < -0.39 is 0 Å². The lowest BCUT2D eigenvalue weighted by molar-refractivity contribution is 0.673. The van der Waals surface area contributed by atoms with E-state index in [2.05, 4.69) is 194 Å². The summed E-state index contributed by atoms with van der Waals surface area (Å²) in [5.41, 5.74) is 9.75. The molecule has 288 valence electrons. The van der Waals surface area contributed by atoms with Gasteiger partial charge in [-0.25, -0.2) is 0 Å². The lowest BCUT2D eigenvalue weighted by Gasteiger charge is -2.17. The number of hydrogen-bond donors (Lipinski definition) is 0. The van der Waals surface area contributed by atoms with Gasteiger partial charge in [-0.2, -0.15) is 5.26 Å².